The summed E-state index contributed by atoms with van der Waals surface area (Å²) in [7, 11) is 0. The van der Waals surface area contributed by atoms with Crippen LogP contribution in [-0.4, -0.2) is 30.5 Å². The maximum atomic E-state index is 12.8. The molecule has 84 valence electrons. The SMILES string of the molecule is CCCCCCCN1CCC(F)(F)C1. The largest absolute Gasteiger partial charge is 0.297 e. The molecule has 1 nitrogen and oxygen atoms in total. The number of alkyl halides is 2. The molecule has 3 heteroatoms. The molecule has 0 aromatic rings. The third-order valence-electron chi connectivity index (χ3n) is 2.83. The molecule has 0 atom stereocenters. The first-order chi connectivity index (χ1) is 6.64. The number of unbranched alkanes of at least 4 members (excludes halogenated alkanes) is 4. The normalized spacial score (nSPS) is 21.6. The first-order valence-electron chi connectivity index (χ1n) is 5.74. The van der Waals surface area contributed by atoms with E-state index in [9.17, 15) is 8.78 Å². The standard InChI is InChI=1S/C11H21F2N/c1-2-3-4-5-6-8-14-9-7-11(12,13)10-14/h2-10H2,1H3. The van der Waals surface area contributed by atoms with E-state index in [0.29, 0.717) is 6.54 Å². The van der Waals surface area contributed by atoms with E-state index in [1.165, 1.54) is 25.7 Å². The van der Waals surface area contributed by atoms with Crippen LogP contribution in [-0.2, 0) is 0 Å². The molecule has 0 aliphatic carbocycles. The molecular formula is C11H21F2N. The van der Waals surface area contributed by atoms with Crippen molar-refractivity contribution in [3.63, 3.8) is 0 Å². The zero-order chi connectivity index (χ0) is 10.4. The van der Waals surface area contributed by atoms with Crippen LogP contribution in [0.2, 0.25) is 0 Å². The minimum Gasteiger partial charge on any atom is -0.297 e. The summed E-state index contributed by atoms with van der Waals surface area (Å²) in [4.78, 5) is 1.89. The minimum absolute atomic E-state index is 0.0131. The molecule has 1 fully saturated rings. The number of likely N-dealkylation sites (tertiary alicyclic amines) is 1. The lowest BCUT2D eigenvalue weighted by molar-refractivity contribution is 0.0121. The van der Waals surface area contributed by atoms with E-state index in [1.807, 2.05) is 4.90 Å². The molecule has 0 amide bonds. The Morgan fingerprint density at radius 2 is 1.86 bits per heavy atom. The summed E-state index contributed by atoms with van der Waals surface area (Å²) >= 11 is 0. The summed E-state index contributed by atoms with van der Waals surface area (Å²) in [6.45, 7) is 3.61. The van der Waals surface area contributed by atoms with Gasteiger partial charge >= 0.3 is 0 Å². The fourth-order valence-electron chi connectivity index (χ4n) is 1.94. The van der Waals surface area contributed by atoms with Gasteiger partial charge in [0.05, 0.1) is 6.54 Å². The molecule has 14 heavy (non-hydrogen) atoms. The van der Waals surface area contributed by atoms with Gasteiger partial charge in [-0.05, 0) is 13.0 Å². The van der Waals surface area contributed by atoms with Crippen molar-refractivity contribution in [2.24, 2.45) is 0 Å². The smallest absolute Gasteiger partial charge is 0.261 e. The molecule has 0 unspecified atom stereocenters. The third-order valence-corrected chi connectivity index (χ3v) is 2.83. The lowest BCUT2D eigenvalue weighted by Gasteiger charge is -2.14. The fraction of sp³-hybridized carbons (Fsp3) is 1.00. The summed E-state index contributed by atoms with van der Waals surface area (Å²) in [6, 6.07) is 0. The highest BCUT2D eigenvalue weighted by atomic mass is 19.3. The first kappa shape index (κ1) is 11.9. The van der Waals surface area contributed by atoms with E-state index in [-0.39, 0.29) is 13.0 Å². The Kier molecular flexibility index (Phi) is 4.79. The molecule has 1 heterocycles. The van der Waals surface area contributed by atoms with Crippen molar-refractivity contribution in [3.05, 3.63) is 0 Å². The van der Waals surface area contributed by atoms with Gasteiger partial charge in [-0.3, -0.25) is 4.90 Å². The maximum absolute atomic E-state index is 12.8. The van der Waals surface area contributed by atoms with Crippen molar-refractivity contribution in [2.45, 2.75) is 51.4 Å². The molecule has 0 aromatic heterocycles. The molecular weight excluding hydrogens is 184 g/mol. The highest BCUT2D eigenvalue weighted by Gasteiger charge is 2.37. The summed E-state index contributed by atoms with van der Waals surface area (Å²) in [5.74, 6) is -2.41. The zero-order valence-corrected chi connectivity index (χ0v) is 9.07. The highest BCUT2D eigenvalue weighted by molar-refractivity contribution is 4.81. The quantitative estimate of drug-likeness (QED) is 0.601. The minimum atomic E-state index is -2.41. The van der Waals surface area contributed by atoms with Crippen molar-refractivity contribution in [1.29, 1.82) is 0 Å². The molecule has 0 bridgehead atoms. The summed E-state index contributed by atoms with van der Waals surface area (Å²) in [5.41, 5.74) is 0. The second-order valence-corrected chi connectivity index (χ2v) is 4.30. The molecule has 0 radical (unpaired) electrons. The second kappa shape index (κ2) is 5.64. The molecule has 1 aliphatic rings. The fourth-order valence-corrected chi connectivity index (χ4v) is 1.94. The summed E-state index contributed by atoms with van der Waals surface area (Å²) in [6.07, 6.45) is 6.09. The van der Waals surface area contributed by atoms with Gasteiger partial charge in [0.25, 0.3) is 5.92 Å². The van der Waals surface area contributed by atoms with Gasteiger partial charge in [0.15, 0.2) is 0 Å². The lowest BCUT2D eigenvalue weighted by Crippen LogP contribution is -2.26. The van der Waals surface area contributed by atoms with Crippen LogP contribution in [0.5, 0.6) is 0 Å². The maximum Gasteiger partial charge on any atom is 0.261 e. The second-order valence-electron chi connectivity index (χ2n) is 4.30. The molecule has 1 saturated heterocycles. The average Bonchev–Trinajstić information content (AvgIpc) is 2.45. The molecule has 0 aromatic carbocycles. The molecule has 1 aliphatic heterocycles. The van der Waals surface area contributed by atoms with E-state index in [0.717, 1.165) is 13.0 Å². The van der Waals surface area contributed by atoms with Crippen molar-refractivity contribution in [1.82, 2.24) is 4.90 Å². The Balaban J connectivity index is 1.98. The number of hydrogen-bond donors (Lipinski definition) is 0. The van der Waals surface area contributed by atoms with Crippen LogP contribution in [0.25, 0.3) is 0 Å². The van der Waals surface area contributed by atoms with Gasteiger partial charge in [-0.15, -0.1) is 0 Å². The van der Waals surface area contributed by atoms with E-state index in [1.54, 1.807) is 0 Å². The lowest BCUT2D eigenvalue weighted by atomic mass is 10.1. The van der Waals surface area contributed by atoms with Crippen LogP contribution in [0, 0.1) is 0 Å². The van der Waals surface area contributed by atoms with Crippen LogP contribution >= 0.6 is 0 Å². The van der Waals surface area contributed by atoms with Gasteiger partial charge in [-0.2, -0.15) is 0 Å². The Labute approximate surface area is 85.5 Å². The van der Waals surface area contributed by atoms with Crippen LogP contribution in [0.3, 0.4) is 0 Å². The van der Waals surface area contributed by atoms with Crippen LogP contribution in [0.4, 0.5) is 8.78 Å². The third kappa shape index (κ3) is 4.36. The van der Waals surface area contributed by atoms with Crippen LogP contribution in [0.15, 0.2) is 0 Å². The Morgan fingerprint density at radius 3 is 2.43 bits per heavy atom. The Morgan fingerprint density at radius 1 is 1.14 bits per heavy atom. The number of nitrogens with zero attached hydrogens (tertiary/aromatic N) is 1. The first-order valence-corrected chi connectivity index (χ1v) is 5.74. The Hall–Kier alpha value is -0.180. The Bertz CT molecular complexity index is 159. The van der Waals surface area contributed by atoms with Crippen molar-refractivity contribution >= 4 is 0 Å². The van der Waals surface area contributed by atoms with Gasteiger partial charge < -0.3 is 0 Å². The summed E-state index contributed by atoms with van der Waals surface area (Å²) in [5, 5.41) is 0. The van der Waals surface area contributed by atoms with E-state index in [4.69, 9.17) is 0 Å². The molecule has 0 N–H and O–H groups in total. The van der Waals surface area contributed by atoms with Crippen LogP contribution < -0.4 is 0 Å². The van der Waals surface area contributed by atoms with Gasteiger partial charge in [-0.1, -0.05) is 32.6 Å². The molecule has 0 saturated carbocycles. The molecule has 1 rings (SSSR count). The van der Waals surface area contributed by atoms with Crippen molar-refractivity contribution < 1.29 is 8.78 Å². The summed E-state index contributed by atoms with van der Waals surface area (Å²) < 4.78 is 25.6. The van der Waals surface area contributed by atoms with E-state index < -0.39 is 5.92 Å². The average molecular weight is 205 g/mol. The van der Waals surface area contributed by atoms with Gasteiger partial charge in [0.2, 0.25) is 0 Å². The number of rotatable bonds is 6. The zero-order valence-electron chi connectivity index (χ0n) is 9.07. The van der Waals surface area contributed by atoms with Gasteiger partial charge in [0.1, 0.15) is 0 Å². The van der Waals surface area contributed by atoms with Crippen molar-refractivity contribution in [2.75, 3.05) is 19.6 Å². The van der Waals surface area contributed by atoms with Gasteiger partial charge in [-0.25, -0.2) is 8.78 Å². The van der Waals surface area contributed by atoms with Gasteiger partial charge in [0, 0.05) is 13.0 Å². The monoisotopic (exact) mass is 205 g/mol. The van der Waals surface area contributed by atoms with Crippen LogP contribution in [0.1, 0.15) is 45.4 Å². The highest BCUT2D eigenvalue weighted by Crippen LogP contribution is 2.26. The number of hydrogen-bond acceptors (Lipinski definition) is 1. The predicted molar refractivity (Wildman–Crippen MR) is 54.8 cm³/mol. The van der Waals surface area contributed by atoms with E-state index >= 15 is 0 Å². The number of halogens is 2. The topological polar surface area (TPSA) is 3.24 Å². The molecule has 0 spiro atoms. The van der Waals surface area contributed by atoms with Crippen molar-refractivity contribution in [3.8, 4) is 0 Å². The van der Waals surface area contributed by atoms with E-state index in [2.05, 4.69) is 6.92 Å². The predicted octanol–water partition coefficient (Wildman–Crippen LogP) is 3.30.